The van der Waals surface area contributed by atoms with E-state index in [1.807, 2.05) is 0 Å². The number of hydrazine groups is 1. The number of carboxylic acids is 1. The summed E-state index contributed by atoms with van der Waals surface area (Å²) in [6, 6.07) is 25.8. The molecule has 0 aliphatic carbocycles. The number of aromatic carboxylic acids is 1. The fourth-order valence-electron chi connectivity index (χ4n) is 3.96. The smallest absolute Gasteiger partial charge is 0.340 e. The molecular weight excluding hydrogens is 530 g/mol. The van der Waals surface area contributed by atoms with Gasteiger partial charge >= 0.3 is 12.0 Å². The second kappa shape index (κ2) is 11.7. The predicted molar refractivity (Wildman–Crippen MR) is 154 cm³/mol. The quantitative estimate of drug-likeness (QED) is 0.112. The molecule has 0 radical (unpaired) electrons. The highest BCUT2D eigenvalue weighted by molar-refractivity contribution is 7.90. The largest absolute Gasteiger partial charge is 0.478 e. The average molecular weight is 558 g/mol. The van der Waals surface area contributed by atoms with Crippen LogP contribution in [0.1, 0.15) is 21.5 Å². The van der Waals surface area contributed by atoms with Crippen molar-refractivity contribution in [2.24, 2.45) is 5.73 Å². The number of nitrogens with one attached hydrogen (secondary N) is 3. The number of sulfone groups is 1. The van der Waals surface area contributed by atoms with Gasteiger partial charge in [0, 0.05) is 23.1 Å². The zero-order valence-electron chi connectivity index (χ0n) is 21.5. The standard InChI is InChI=1S/C29H27N5O5S/c1-40(38,39)26-8-3-2-7-25(26)20-13-15-23(16-14-20)32-29(37)34(18-19-9-11-21(12-10-19)28(35)36)33-24-6-4-5-22(17-24)27(30)31/h2-17,33H,18H2,1H3,(H3,30,31)(H,32,37)(H,35,36). The Labute approximate surface area is 231 Å². The molecule has 0 heterocycles. The summed E-state index contributed by atoms with van der Waals surface area (Å²) in [4.78, 5) is 24.8. The van der Waals surface area contributed by atoms with Gasteiger partial charge < -0.3 is 16.2 Å². The van der Waals surface area contributed by atoms with Crippen molar-refractivity contribution in [3.05, 3.63) is 114 Å². The molecule has 0 spiro atoms. The highest BCUT2D eigenvalue weighted by Crippen LogP contribution is 2.28. The molecule has 0 bridgehead atoms. The van der Waals surface area contributed by atoms with Crippen LogP contribution in [0.5, 0.6) is 0 Å². The third-order valence-corrected chi connectivity index (χ3v) is 7.11. The summed E-state index contributed by atoms with van der Waals surface area (Å²) in [5.41, 5.74) is 12.1. The zero-order chi connectivity index (χ0) is 28.9. The van der Waals surface area contributed by atoms with E-state index in [0.29, 0.717) is 33.6 Å². The summed E-state index contributed by atoms with van der Waals surface area (Å²) in [6.07, 6.45) is 1.16. The third kappa shape index (κ3) is 6.83. The molecule has 2 amide bonds. The van der Waals surface area contributed by atoms with Crippen molar-refractivity contribution in [2.45, 2.75) is 11.4 Å². The first-order valence-electron chi connectivity index (χ1n) is 12.0. The Morgan fingerprint density at radius 2 is 1.55 bits per heavy atom. The fourth-order valence-corrected chi connectivity index (χ4v) is 4.87. The van der Waals surface area contributed by atoms with Crippen LogP contribution in [0.2, 0.25) is 0 Å². The summed E-state index contributed by atoms with van der Waals surface area (Å²) in [6.45, 7) is 0.0792. The summed E-state index contributed by atoms with van der Waals surface area (Å²) in [5.74, 6) is -1.18. The van der Waals surface area contributed by atoms with Crippen LogP contribution < -0.4 is 16.5 Å². The molecule has 40 heavy (non-hydrogen) atoms. The van der Waals surface area contributed by atoms with Crippen molar-refractivity contribution in [2.75, 3.05) is 17.0 Å². The van der Waals surface area contributed by atoms with E-state index in [0.717, 1.165) is 6.26 Å². The maximum Gasteiger partial charge on any atom is 0.340 e. The van der Waals surface area contributed by atoms with Crippen LogP contribution in [0, 0.1) is 5.41 Å². The number of urea groups is 1. The number of carbonyl (C=O) groups is 2. The van der Waals surface area contributed by atoms with Crippen molar-refractivity contribution >= 4 is 39.0 Å². The van der Waals surface area contributed by atoms with Crippen molar-refractivity contribution in [3.63, 3.8) is 0 Å². The molecular formula is C29H27N5O5S. The molecule has 0 saturated carbocycles. The number of amidine groups is 1. The third-order valence-electron chi connectivity index (χ3n) is 5.96. The van der Waals surface area contributed by atoms with Crippen LogP contribution >= 0.6 is 0 Å². The Balaban J connectivity index is 1.58. The minimum atomic E-state index is -3.44. The van der Waals surface area contributed by atoms with Crippen molar-refractivity contribution in [1.82, 2.24) is 5.01 Å². The highest BCUT2D eigenvalue weighted by Gasteiger charge is 2.17. The van der Waals surface area contributed by atoms with Gasteiger partial charge in [0.2, 0.25) is 0 Å². The molecule has 6 N–H and O–H groups in total. The number of nitrogens with zero attached hydrogens (tertiary/aromatic N) is 1. The highest BCUT2D eigenvalue weighted by atomic mass is 32.2. The Morgan fingerprint density at radius 3 is 2.17 bits per heavy atom. The van der Waals surface area contributed by atoms with Crippen LogP contribution in [0.4, 0.5) is 16.2 Å². The molecule has 4 aromatic carbocycles. The number of nitrogen functional groups attached to an aromatic ring is 1. The number of carboxylic acid groups (broad SMARTS) is 1. The van der Waals surface area contributed by atoms with E-state index in [9.17, 15) is 23.1 Å². The molecule has 0 aromatic heterocycles. The second-order valence-corrected chi connectivity index (χ2v) is 11.0. The minimum absolute atomic E-state index is 0.0792. The van der Waals surface area contributed by atoms with Crippen LogP contribution in [-0.4, -0.2) is 42.6 Å². The SMILES string of the molecule is CS(=O)(=O)c1ccccc1-c1ccc(NC(=O)N(Cc2ccc(C(=O)O)cc2)Nc2cccc(C(=N)N)c2)cc1. The van der Waals surface area contributed by atoms with Crippen molar-refractivity contribution < 1.29 is 23.1 Å². The van der Waals surface area contributed by atoms with Crippen LogP contribution in [-0.2, 0) is 16.4 Å². The van der Waals surface area contributed by atoms with E-state index < -0.39 is 21.8 Å². The molecule has 0 unspecified atom stereocenters. The molecule has 4 rings (SSSR count). The number of nitrogens with two attached hydrogens (primary N) is 1. The summed E-state index contributed by atoms with van der Waals surface area (Å²) >= 11 is 0. The molecule has 10 nitrogen and oxygen atoms in total. The molecule has 0 aliphatic heterocycles. The lowest BCUT2D eigenvalue weighted by molar-refractivity contribution is 0.0696. The molecule has 4 aromatic rings. The lowest BCUT2D eigenvalue weighted by Gasteiger charge is -2.25. The van der Waals surface area contributed by atoms with Gasteiger partial charge in [0.1, 0.15) is 5.84 Å². The van der Waals surface area contributed by atoms with Gasteiger partial charge in [-0.05, 0) is 53.6 Å². The zero-order valence-corrected chi connectivity index (χ0v) is 22.3. The predicted octanol–water partition coefficient (Wildman–Crippen LogP) is 4.80. The number of amides is 2. The number of carbonyl (C=O) groups excluding carboxylic acids is 1. The van der Waals surface area contributed by atoms with Crippen molar-refractivity contribution in [1.29, 1.82) is 5.41 Å². The first kappa shape index (κ1) is 27.9. The Hall–Kier alpha value is -5.16. The number of anilines is 2. The fraction of sp³-hybridized carbons (Fsp3) is 0.0690. The molecule has 0 aliphatic rings. The van der Waals surface area contributed by atoms with Gasteiger partial charge in [-0.1, -0.05) is 54.6 Å². The Kier molecular flexibility index (Phi) is 8.15. The maximum atomic E-state index is 13.4. The van der Waals surface area contributed by atoms with Gasteiger partial charge in [-0.2, -0.15) is 0 Å². The number of rotatable bonds is 9. The van der Waals surface area contributed by atoms with E-state index in [4.69, 9.17) is 11.1 Å². The molecule has 11 heteroatoms. The number of benzene rings is 4. The van der Waals surface area contributed by atoms with E-state index in [-0.39, 0.29) is 22.8 Å². The van der Waals surface area contributed by atoms with Gasteiger partial charge in [-0.25, -0.2) is 23.0 Å². The van der Waals surface area contributed by atoms with Crippen LogP contribution in [0.3, 0.4) is 0 Å². The number of hydrogen-bond acceptors (Lipinski definition) is 6. The Bertz CT molecular complexity index is 1670. The Morgan fingerprint density at radius 1 is 0.875 bits per heavy atom. The number of hydrogen-bond donors (Lipinski definition) is 5. The topological polar surface area (TPSA) is 166 Å². The molecule has 0 saturated heterocycles. The van der Waals surface area contributed by atoms with Gasteiger partial charge in [-0.15, -0.1) is 0 Å². The van der Waals surface area contributed by atoms with Crippen LogP contribution in [0.25, 0.3) is 11.1 Å². The second-order valence-electron chi connectivity index (χ2n) is 8.97. The summed E-state index contributed by atoms with van der Waals surface area (Å²) < 4.78 is 24.4. The van der Waals surface area contributed by atoms with Gasteiger partial charge in [0.05, 0.1) is 22.7 Å². The van der Waals surface area contributed by atoms with Gasteiger partial charge in [0.25, 0.3) is 0 Å². The molecule has 204 valence electrons. The first-order chi connectivity index (χ1) is 19.0. The van der Waals surface area contributed by atoms with Crippen molar-refractivity contribution in [3.8, 4) is 11.1 Å². The summed E-state index contributed by atoms with van der Waals surface area (Å²) in [5, 5.41) is 21.0. The maximum absolute atomic E-state index is 13.4. The lowest BCUT2D eigenvalue weighted by atomic mass is 10.1. The normalized spacial score (nSPS) is 10.9. The summed E-state index contributed by atoms with van der Waals surface area (Å²) in [7, 11) is -3.44. The van der Waals surface area contributed by atoms with E-state index >= 15 is 0 Å². The molecule has 0 fully saturated rings. The van der Waals surface area contributed by atoms with Crippen LogP contribution in [0.15, 0.2) is 102 Å². The lowest BCUT2D eigenvalue weighted by Crippen LogP contribution is -2.39. The first-order valence-corrected chi connectivity index (χ1v) is 13.9. The monoisotopic (exact) mass is 557 g/mol. The van der Waals surface area contributed by atoms with E-state index in [2.05, 4.69) is 10.7 Å². The minimum Gasteiger partial charge on any atom is -0.478 e. The van der Waals surface area contributed by atoms with Gasteiger partial charge in [-0.3, -0.25) is 10.8 Å². The average Bonchev–Trinajstić information content (AvgIpc) is 2.93. The van der Waals surface area contributed by atoms with E-state index in [1.165, 1.54) is 17.1 Å². The van der Waals surface area contributed by atoms with Gasteiger partial charge in [0.15, 0.2) is 9.84 Å². The van der Waals surface area contributed by atoms with E-state index in [1.54, 1.807) is 84.9 Å². The molecule has 0 atom stereocenters.